The van der Waals surface area contributed by atoms with E-state index in [4.69, 9.17) is 11.6 Å². The van der Waals surface area contributed by atoms with E-state index in [9.17, 15) is 9.59 Å². The zero-order chi connectivity index (χ0) is 13.3. The minimum absolute atomic E-state index is 0.0788. The van der Waals surface area contributed by atoms with E-state index in [-0.39, 0.29) is 10.4 Å². The molecule has 10 heteroatoms. The van der Waals surface area contributed by atoms with Crippen molar-refractivity contribution in [2.24, 2.45) is 7.05 Å². The van der Waals surface area contributed by atoms with E-state index < -0.39 is 11.1 Å². The summed E-state index contributed by atoms with van der Waals surface area (Å²) in [7, 11) is 1.56. The fourth-order valence-electron chi connectivity index (χ4n) is 1.04. The van der Waals surface area contributed by atoms with E-state index in [0.29, 0.717) is 9.50 Å². The van der Waals surface area contributed by atoms with Gasteiger partial charge in [0.05, 0.1) is 4.47 Å². The van der Waals surface area contributed by atoms with E-state index in [1.54, 1.807) is 7.05 Å². The highest BCUT2D eigenvalue weighted by Gasteiger charge is 2.11. The summed E-state index contributed by atoms with van der Waals surface area (Å²) >= 11 is 10.0. The molecule has 0 amide bonds. The van der Waals surface area contributed by atoms with Crippen LogP contribution in [0.4, 0.5) is 0 Å². The summed E-state index contributed by atoms with van der Waals surface area (Å²) in [5, 5.41) is 3.19. The van der Waals surface area contributed by atoms with E-state index in [1.165, 1.54) is 10.9 Å². The first-order chi connectivity index (χ1) is 8.47. The SMILES string of the molecule is Cn1[nH]c(=O)c(=O)nc1Sc1nc(Cl)ncc1Br. The van der Waals surface area contributed by atoms with Crippen LogP contribution in [0.15, 0.2) is 30.4 Å². The summed E-state index contributed by atoms with van der Waals surface area (Å²) < 4.78 is 1.94. The van der Waals surface area contributed by atoms with E-state index in [2.05, 4.69) is 36.0 Å². The van der Waals surface area contributed by atoms with Crippen molar-refractivity contribution in [1.82, 2.24) is 24.7 Å². The monoisotopic (exact) mass is 349 g/mol. The lowest BCUT2D eigenvalue weighted by Gasteiger charge is -2.06. The summed E-state index contributed by atoms with van der Waals surface area (Å²) in [5.74, 6) is 0. The first-order valence-corrected chi connectivity index (χ1v) is 6.49. The van der Waals surface area contributed by atoms with Gasteiger partial charge >= 0.3 is 11.1 Å². The van der Waals surface area contributed by atoms with Crippen LogP contribution >= 0.6 is 39.3 Å². The molecule has 2 heterocycles. The molecule has 1 N–H and O–H groups in total. The Labute approximate surface area is 118 Å². The fourth-order valence-corrected chi connectivity index (χ4v) is 2.42. The molecule has 18 heavy (non-hydrogen) atoms. The number of nitrogens with one attached hydrogen (secondary N) is 1. The number of aryl methyl sites for hydroxylation is 1. The maximum absolute atomic E-state index is 11.2. The van der Waals surface area contributed by atoms with Crippen molar-refractivity contribution < 1.29 is 0 Å². The average molecular weight is 351 g/mol. The van der Waals surface area contributed by atoms with Crippen LogP contribution in [0.5, 0.6) is 0 Å². The van der Waals surface area contributed by atoms with E-state index in [1.807, 2.05) is 0 Å². The molecule has 0 radical (unpaired) electrons. The predicted octanol–water partition coefficient (Wildman–Crippen LogP) is 0.826. The molecule has 0 aromatic carbocycles. The molecule has 2 aromatic heterocycles. The Balaban J connectivity index is 2.46. The van der Waals surface area contributed by atoms with Gasteiger partial charge in [0.25, 0.3) is 0 Å². The summed E-state index contributed by atoms with van der Waals surface area (Å²) in [6.07, 6.45) is 1.49. The van der Waals surface area contributed by atoms with Gasteiger partial charge in [0, 0.05) is 13.2 Å². The topological polar surface area (TPSA) is 93.5 Å². The molecule has 2 rings (SSSR count). The van der Waals surface area contributed by atoms with Crippen LogP contribution in [0.25, 0.3) is 0 Å². The standard InChI is InChI=1S/C8H5BrClN5O2S/c1-15-8(12-4(16)5(17)14-15)18-6-3(9)2-11-7(10)13-6/h2H,1H3,(H,14,17). The molecule has 0 saturated heterocycles. The molecule has 7 nitrogen and oxygen atoms in total. The van der Waals surface area contributed by atoms with Gasteiger partial charge in [-0.25, -0.2) is 9.97 Å². The third-order valence-electron chi connectivity index (χ3n) is 1.82. The predicted molar refractivity (Wildman–Crippen MR) is 69.0 cm³/mol. The van der Waals surface area contributed by atoms with Crippen LogP contribution in [0, 0.1) is 0 Å². The van der Waals surface area contributed by atoms with E-state index in [0.717, 1.165) is 11.8 Å². The molecule has 0 saturated carbocycles. The van der Waals surface area contributed by atoms with Crippen LogP contribution < -0.4 is 11.1 Å². The van der Waals surface area contributed by atoms with Crippen LogP contribution in [0.1, 0.15) is 0 Å². The maximum Gasteiger partial charge on any atom is 0.339 e. The van der Waals surface area contributed by atoms with Gasteiger partial charge in [-0.1, -0.05) is 0 Å². The van der Waals surface area contributed by atoms with Gasteiger partial charge in [-0.15, -0.1) is 0 Å². The summed E-state index contributed by atoms with van der Waals surface area (Å²) in [5.41, 5.74) is -1.63. The summed E-state index contributed by atoms with van der Waals surface area (Å²) in [6, 6.07) is 0. The molecule has 2 aromatic rings. The second-order valence-corrected chi connectivity index (χ2v) is 5.24. The molecule has 0 atom stereocenters. The molecular formula is C8H5BrClN5O2S. The maximum atomic E-state index is 11.2. The van der Waals surface area contributed by atoms with Gasteiger partial charge in [-0.2, -0.15) is 4.98 Å². The number of hydrogen-bond acceptors (Lipinski definition) is 6. The Hall–Kier alpha value is -1.19. The molecule has 0 aliphatic carbocycles. The van der Waals surface area contributed by atoms with Crippen LogP contribution in [-0.4, -0.2) is 24.7 Å². The number of H-pyrrole nitrogens is 1. The number of aromatic nitrogens is 5. The van der Waals surface area contributed by atoms with Gasteiger partial charge in [-0.05, 0) is 39.3 Å². The Morgan fingerprint density at radius 3 is 2.89 bits per heavy atom. The number of aromatic amines is 1. The number of nitrogens with zero attached hydrogens (tertiary/aromatic N) is 4. The van der Waals surface area contributed by atoms with Crippen LogP contribution in [0.3, 0.4) is 0 Å². The summed E-state index contributed by atoms with van der Waals surface area (Å²) in [4.78, 5) is 33.6. The van der Waals surface area contributed by atoms with Crippen LogP contribution in [-0.2, 0) is 7.05 Å². The number of rotatable bonds is 2. The van der Waals surface area contributed by atoms with Crippen molar-refractivity contribution in [3.05, 3.63) is 36.7 Å². The lowest BCUT2D eigenvalue weighted by molar-refractivity contribution is 0.596. The third kappa shape index (κ3) is 2.79. The smallest absolute Gasteiger partial charge is 0.265 e. The molecule has 0 bridgehead atoms. The van der Waals surface area contributed by atoms with Gasteiger partial charge in [-0.3, -0.25) is 19.4 Å². The minimum Gasteiger partial charge on any atom is -0.265 e. The first kappa shape index (κ1) is 13.2. The molecule has 0 fully saturated rings. The van der Waals surface area contributed by atoms with Crippen LogP contribution in [0.2, 0.25) is 5.28 Å². The molecule has 94 valence electrons. The third-order valence-corrected chi connectivity index (χ3v) is 3.90. The second kappa shape index (κ2) is 5.21. The van der Waals surface area contributed by atoms with Gasteiger partial charge < -0.3 is 0 Å². The fraction of sp³-hybridized carbons (Fsp3) is 0.125. The first-order valence-electron chi connectivity index (χ1n) is 4.50. The molecular weight excluding hydrogens is 346 g/mol. The highest BCUT2D eigenvalue weighted by molar-refractivity contribution is 9.10. The van der Waals surface area contributed by atoms with Crippen molar-refractivity contribution >= 4 is 39.3 Å². The average Bonchev–Trinajstić information content (AvgIpc) is 2.30. The molecule has 0 aliphatic rings. The summed E-state index contributed by atoms with van der Waals surface area (Å²) in [6.45, 7) is 0. The van der Waals surface area contributed by atoms with E-state index >= 15 is 0 Å². The molecule has 0 aliphatic heterocycles. The van der Waals surface area contributed by atoms with Crippen molar-refractivity contribution in [2.45, 2.75) is 10.2 Å². The normalized spacial score (nSPS) is 10.6. The number of hydrogen-bond donors (Lipinski definition) is 1. The second-order valence-electron chi connectivity index (χ2n) is 3.09. The largest absolute Gasteiger partial charge is 0.339 e. The lowest BCUT2D eigenvalue weighted by Crippen LogP contribution is -2.33. The zero-order valence-electron chi connectivity index (χ0n) is 8.85. The highest BCUT2D eigenvalue weighted by Crippen LogP contribution is 2.29. The van der Waals surface area contributed by atoms with Crippen molar-refractivity contribution in [1.29, 1.82) is 0 Å². The van der Waals surface area contributed by atoms with Crippen molar-refractivity contribution in [2.75, 3.05) is 0 Å². The van der Waals surface area contributed by atoms with Gasteiger partial charge in [0.15, 0.2) is 5.16 Å². The minimum atomic E-state index is -0.855. The highest BCUT2D eigenvalue weighted by atomic mass is 79.9. The zero-order valence-corrected chi connectivity index (χ0v) is 12.0. The van der Waals surface area contributed by atoms with Gasteiger partial charge in [0.2, 0.25) is 5.28 Å². The molecule has 0 spiro atoms. The Bertz CT molecular complexity index is 715. The van der Waals surface area contributed by atoms with Crippen molar-refractivity contribution in [3.8, 4) is 0 Å². The Morgan fingerprint density at radius 1 is 1.44 bits per heavy atom. The quantitative estimate of drug-likeness (QED) is 0.490. The lowest BCUT2D eigenvalue weighted by atomic mass is 10.7. The van der Waals surface area contributed by atoms with Crippen molar-refractivity contribution in [3.63, 3.8) is 0 Å². The Morgan fingerprint density at radius 2 is 2.17 bits per heavy atom. The number of halogens is 2. The molecule has 0 unspecified atom stereocenters. The van der Waals surface area contributed by atoms with Gasteiger partial charge in [0.1, 0.15) is 5.03 Å². The Kier molecular flexibility index (Phi) is 3.83.